The summed E-state index contributed by atoms with van der Waals surface area (Å²) in [5.74, 6) is 0.633. The first kappa shape index (κ1) is 22.5. The number of hydrogen-bond donors (Lipinski definition) is 1. The maximum absolute atomic E-state index is 12.9. The van der Waals surface area contributed by atoms with Gasteiger partial charge in [-0.1, -0.05) is 24.3 Å². The molecule has 0 radical (unpaired) electrons. The van der Waals surface area contributed by atoms with Crippen LogP contribution >= 0.6 is 0 Å². The van der Waals surface area contributed by atoms with E-state index in [2.05, 4.69) is 24.8 Å². The van der Waals surface area contributed by atoms with E-state index in [9.17, 15) is 8.42 Å². The second kappa shape index (κ2) is 8.80. The minimum Gasteiger partial charge on any atom is -0.439 e. The van der Waals surface area contributed by atoms with Crippen molar-refractivity contribution in [3.63, 3.8) is 0 Å². The van der Waals surface area contributed by atoms with E-state index in [-0.39, 0.29) is 16.7 Å². The summed E-state index contributed by atoms with van der Waals surface area (Å²) in [5, 5.41) is 4.85. The lowest BCUT2D eigenvalue weighted by molar-refractivity contribution is 0.463. The van der Waals surface area contributed by atoms with Gasteiger partial charge in [-0.2, -0.15) is 10.1 Å². The molecule has 2 aromatic carbocycles. The number of sulfonamides is 1. The average molecular weight is 487 g/mol. The Kier molecular flexibility index (Phi) is 5.65. The topological polar surface area (TPSA) is 112 Å². The highest BCUT2D eigenvalue weighted by atomic mass is 32.2. The highest BCUT2D eigenvalue weighted by Gasteiger charge is 2.20. The second-order valence-corrected chi connectivity index (χ2v) is 9.78. The lowest BCUT2D eigenvalue weighted by Gasteiger charge is -2.13. The molecule has 0 aliphatic heterocycles. The Bertz CT molecular complexity index is 1640. The van der Waals surface area contributed by atoms with Crippen molar-refractivity contribution in [1.29, 1.82) is 0 Å². The molecule has 10 heteroatoms. The summed E-state index contributed by atoms with van der Waals surface area (Å²) in [5.41, 5.74) is 4.24. The fourth-order valence-electron chi connectivity index (χ4n) is 3.82. The van der Waals surface area contributed by atoms with Crippen LogP contribution in [0, 0.1) is 13.8 Å². The fourth-order valence-corrected chi connectivity index (χ4v) is 4.75. The molecule has 0 aliphatic rings. The molecule has 1 N–H and O–H groups in total. The lowest BCUT2D eigenvalue weighted by Crippen LogP contribution is -2.15. The second-order valence-electron chi connectivity index (χ2n) is 8.10. The molecule has 35 heavy (non-hydrogen) atoms. The highest BCUT2D eigenvalue weighted by Crippen LogP contribution is 2.31. The number of nitrogens with one attached hydrogen (secondary N) is 1. The molecule has 0 aliphatic carbocycles. The van der Waals surface area contributed by atoms with E-state index in [0.717, 1.165) is 27.6 Å². The summed E-state index contributed by atoms with van der Waals surface area (Å²) in [6.45, 7) is 3.95. The molecule has 0 unspecified atom stereocenters. The Morgan fingerprint density at radius 3 is 2.51 bits per heavy atom. The summed E-state index contributed by atoms with van der Waals surface area (Å²) < 4.78 is 35.8. The number of aromatic nitrogens is 5. The third-order valence-electron chi connectivity index (χ3n) is 5.45. The zero-order chi connectivity index (χ0) is 24.6. The van der Waals surface area contributed by atoms with Crippen molar-refractivity contribution < 1.29 is 13.2 Å². The molecule has 0 atom stereocenters. The maximum Gasteiger partial charge on any atom is 0.267 e. The van der Waals surface area contributed by atoms with Crippen molar-refractivity contribution in [3.05, 3.63) is 84.3 Å². The van der Waals surface area contributed by atoms with Gasteiger partial charge in [-0.25, -0.2) is 18.1 Å². The van der Waals surface area contributed by atoms with Crippen molar-refractivity contribution >= 4 is 26.9 Å². The number of aryl methyl sites for hydroxylation is 3. The Morgan fingerprint density at radius 2 is 1.77 bits per heavy atom. The van der Waals surface area contributed by atoms with Crippen molar-refractivity contribution in [2.24, 2.45) is 7.05 Å². The first-order chi connectivity index (χ1) is 16.8. The van der Waals surface area contributed by atoms with E-state index in [0.29, 0.717) is 11.4 Å². The van der Waals surface area contributed by atoms with Crippen LogP contribution in [-0.4, -0.2) is 33.2 Å². The van der Waals surface area contributed by atoms with Crippen LogP contribution in [0.25, 0.3) is 22.2 Å². The van der Waals surface area contributed by atoms with Crippen LogP contribution in [0.1, 0.15) is 11.1 Å². The molecular formula is C25H22N6O3S. The summed E-state index contributed by atoms with van der Waals surface area (Å²) in [6.07, 6.45) is 4.39. The molecule has 9 nitrogen and oxygen atoms in total. The smallest absolute Gasteiger partial charge is 0.267 e. The third kappa shape index (κ3) is 4.69. The number of rotatable bonds is 6. The number of benzene rings is 2. The Balaban J connectivity index is 1.59. The van der Waals surface area contributed by atoms with Crippen molar-refractivity contribution in [2.75, 3.05) is 4.72 Å². The van der Waals surface area contributed by atoms with Crippen LogP contribution in [0.15, 0.2) is 78.1 Å². The molecule has 0 saturated carbocycles. The molecule has 0 amide bonds. The zero-order valence-electron chi connectivity index (χ0n) is 19.3. The normalized spacial score (nSPS) is 11.5. The molecule has 5 rings (SSSR count). The summed E-state index contributed by atoms with van der Waals surface area (Å²) >= 11 is 0. The summed E-state index contributed by atoms with van der Waals surface area (Å²) in [4.78, 5) is 13.2. The number of anilines is 1. The van der Waals surface area contributed by atoms with E-state index in [1.165, 1.54) is 17.1 Å². The lowest BCUT2D eigenvalue weighted by atomic mass is 10.00. The van der Waals surface area contributed by atoms with E-state index < -0.39 is 10.0 Å². The summed E-state index contributed by atoms with van der Waals surface area (Å²) in [7, 11) is -2.31. The molecule has 3 heterocycles. The van der Waals surface area contributed by atoms with Crippen LogP contribution in [-0.2, 0) is 17.1 Å². The molecule has 0 fully saturated rings. The van der Waals surface area contributed by atoms with Gasteiger partial charge in [0.05, 0.1) is 17.4 Å². The molecule has 0 saturated heterocycles. The van der Waals surface area contributed by atoms with Crippen molar-refractivity contribution in [2.45, 2.75) is 18.7 Å². The fraction of sp³-hybridized carbons (Fsp3) is 0.120. The third-order valence-corrected chi connectivity index (χ3v) is 6.74. The zero-order valence-corrected chi connectivity index (χ0v) is 20.1. The minimum atomic E-state index is -3.95. The van der Waals surface area contributed by atoms with E-state index >= 15 is 0 Å². The molecule has 0 bridgehead atoms. The number of pyridine rings is 1. The van der Waals surface area contributed by atoms with Crippen LogP contribution in [0.4, 0.5) is 5.95 Å². The van der Waals surface area contributed by atoms with Crippen LogP contribution in [0.5, 0.6) is 11.6 Å². The van der Waals surface area contributed by atoms with Gasteiger partial charge in [-0.15, -0.1) is 0 Å². The van der Waals surface area contributed by atoms with Gasteiger partial charge in [0.15, 0.2) is 0 Å². The van der Waals surface area contributed by atoms with Crippen LogP contribution in [0.2, 0.25) is 0 Å². The molecule has 176 valence electrons. The average Bonchev–Trinajstić information content (AvgIpc) is 3.26. The molecular weight excluding hydrogens is 464 g/mol. The quantitative estimate of drug-likeness (QED) is 0.372. The number of fused-ring (bicyclic) bond motifs is 1. The Hall–Kier alpha value is -4.31. The molecule has 5 aromatic rings. The maximum atomic E-state index is 12.9. The highest BCUT2D eigenvalue weighted by molar-refractivity contribution is 7.92. The van der Waals surface area contributed by atoms with Gasteiger partial charge in [0.2, 0.25) is 11.8 Å². The summed E-state index contributed by atoms with van der Waals surface area (Å²) in [6, 6.07) is 16.9. The van der Waals surface area contributed by atoms with Gasteiger partial charge < -0.3 is 4.74 Å². The number of hydrogen-bond acceptors (Lipinski definition) is 7. The van der Waals surface area contributed by atoms with Gasteiger partial charge in [0.25, 0.3) is 10.0 Å². The monoisotopic (exact) mass is 486 g/mol. The minimum absolute atomic E-state index is 0.00516. The van der Waals surface area contributed by atoms with Crippen LogP contribution in [0.3, 0.4) is 0 Å². The first-order valence-electron chi connectivity index (χ1n) is 10.8. The van der Waals surface area contributed by atoms with Crippen molar-refractivity contribution in [1.82, 2.24) is 24.7 Å². The Morgan fingerprint density at radius 1 is 0.971 bits per heavy atom. The van der Waals surface area contributed by atoms with E-state index in [1.807, 2.05) is 56.3 Å². The number of ether oxygens (including phenoxy) is 1. The van der Waals surface area contributed by atoms with Crippen molar-refractivity contribution in [3.8, 4) is 22.9 Å². The van der Waals surface area contributed by atoms with E-state index in [4.69, 9.17) is 4.74 Å². The SMILES string of the molecule is Cc1cccc(C)c1-c1cc(Oc2ccc3ncccc3c2)nc(NS(=O)(=O)c2cnn(C)c2)n1. The predicted octanol–water partition coefficient (Wildman–Crippen LogP) is 4.64. The van der Waals surface area contributed by atoms with Crippen LogP contribution < -0.4 is 9.46 Å². The van der Waals surface area contributed by atoms with Gasteiger partial charge in [0.1, 0.15) is 10.6 Å². The van der Waals surface area contributed by atoms with Gasteiger partial charge in [-0.3, -0.25) is 9.67 Å². The predicted molar refractivity (Wildman–Crippen MR) is 133 cm³/mol. The van der Waals surface area contributed by atoms with E-state index in [1.54, 1.807) is 25.4 Å². The largest absolute Gasteiger partial charge is 0.439 e. The van der Waals surface area contributed by atoms with Gasteiger partial charge in [-0.05, 0) is 49.2 Å². The molecule has 3 aromatic heterocycles. The number of nitrogens with zero attached hydrogens (tertiary/aromatic N) is 5. The van der Waals surface area contributed by atoms with Gasteiger partial charge in [0, 0.05) is 36.5 Å². The first-order valence-corrected chi connectivity index (χ1v) is 12.3. The molecule has 0 spiro atoms. The standard InChI is InChI=1S/C25H22N6O3S/c1-16-6-4-7-17(2)24(16)22-13-23(34-19-9-10-21-18(12-19)8-5-11-26-21)29-25(28-22)30-35(32,33)20-14-27-31(3)15-20/h4-15H,1-3H3,(H,28,29,30). The Labute approximate surface area is 202 Å². The van der Waals surface area contributed by atoms with Gasteiger partial charge >= 0.3 is 0 Å².